The van der Waals surface area contributed by atoms with Crippen LogP contribution < -0.4 is 21.9 Å². The first-order chi connectivity index (χ1) is 18.8. The molecule has 1 aliphatic heterocycles. The number of imidazole rings is 1. The van der Waals surface area contributed by atoms with E-state index in [1.807, 2.05) is 18.4 Å². The number of nitrogens with two attached hydrogens (primary N) is 1. The van der Waals surface area contributed by atoms with Gasteiger partial charge in [0.25, 0.3) is 5.56 Å². The smallest absolute Gasteiger partial charge is 0.332 e. The van der Waals surface area contributed by atoms with Gasteiger partial charge in [0.15, 0.2) is 11.2 Å². The van der Waals surface area contributed by atoms with E-state index in [1.165, 1.54) is 9.13 Å². The van der Waals surface area contributed by atoms with Crippen molar-refractivity contribution in [3.8, 4) is 11.8 Å². The van der Waals surface area contributed by atoms with Crippen LogP contribution in [0.1, 0.15) is 36.8 Å². The van der Waals surface area contributed by atoms with E-state index >= 15 is 0 Å². The lowest BCUT2D eigenvalue weighted by Gasteiger charge is -2.31. The molecule has 6 rings (SSSR count). The number of aryl methyl sites for hydroxylation is 3. The Bertz CT molecular complexity index is 1950. The third kappa shape index (κ3) is 4.20. The van der Waals surface area contributed by atoms with E-state index in [1.54, 1.807) is 25.3 Å². The quantitative estimate of drug-likeness (QED) is 0.347. The summed E-state index contributed by atoms with van der Waals surface area (Å²) in [7, 11) is 1.64. The first kappa shape index (κ1) is 25.3. The summed E-state index contributed by atoms with van der Waals surface area (Å²) in [5.41, 5.74) is 8.83. The zero-order chi connectivity index (χ0) is 27.4. The molecule has 4 aromatic heterocycles. The summed E-state index contributed by atoms with van der Waals surface area (Å²) in [5.74, 6) is 7.01. The van der Waals surface area contributed by atoms with Gasteiger partial charge in [-0.2, -0.15) is 4.98 Å². The molecule has 0 aliphatic carbocycles. The van der Waals surface area contributed by atoms with Crippen LogP contribution in [0.25, 0.3) is 31.5 Å². The standard InChI is InChI=1S/C28H30N8O2S/c1-5-6-12-35-23-25(32-27(35)34-11-7-8-18(29)14-34)33(4)28(38)36(26(23)37)15-21-30-17(3)24-22(31-21)19-13-16(2)9-10-20(19)39-24/h9-10,13,18H,7-8,11-12,14-15,29H2,1-4H3. The molecule has 5 heterocycles. The molecule has 1 unspecified atom stereocenters. The molecule has 39 heavy (non-hydrogen) atoms. The van der Waals surface area contributed by atoms with Gasteiger partial charge in [0, 0.05) is 36.3 Å². The Balaban J connectivity index is 1.53. The van der Waals surface area contributed by atoms with E-state index in [9.17, 15) is 9.59 Å². The minimum absolute atomic E-state index is 0.0250. The Morgan fingerprint density at radius 3 is 2.74 bits per heavy atom. The van der Waals surface area contributed by atoms with Gasteiger partial charge in [-0.3, -0.25) is 18.5 Å². The molecule has 1 aliphatic rings. The number of hydrogen-bond donors (Lipinski definition) is 1. The number of fused-ring (bicyclic) bond motifs is 4. The summed E-state index contributed by atoms with van der Waals surface area (Å²) in [5, 5.41) is 1.05. The van der Waals surface area contributed by atoms with Crippen molar-refractivity contribution < 1.29 is 0 Å². The Morgan fingerprint density at radius 1 is 1.15 bits per heavy atom. The topological polar surface area (TPSA) is 117 Å². The van der Waals surface area contributed by atoms with Gasteiger partial charge in [-0.15, -0.1) is 17.3 Å². The molecular weight excluding hydrogens is 512 g/mol. The maximum Gasteiger partial charge on any atom is 0.332 e. The zero-order valence-corrected chi connectivity index (χ0v) is 23.3. The second-order valence-electron chi connectivity index (χ2n) is 10.2. The van der Waals surface area contributed by atoms with Crippen molar-refractivity contribution >= 4 is 48.8 Å². The summed E-state index contributed by atoms with van der Waals surface area (Å²) >= 11 is 1.65. The molecule has 1 fully saturated rings. The van der Waals surface area contributed by atoms with Gasteiger partial charge < -0.3 is 10.6 Å². The number of thiophene rings is 1. The Hall–Kier alpha value is -4.01. The van der Waals surface area contributed by atoms with Gasteiger partial charge in [0.05, 0.1) is 29.0 Å². The van der Waals surface area contributed by atoms with E-state index in [4.69, 9.17) is 15.7 Å². The number of hydrogen-bond acceptors (Lipinski definition) is 8. The molecule has 200 valence electrons. The van der Waals surface area contributed by atoms with Crippen molar-refractivity contribution in [2.75, 3.05) is 18.0 Å². The highest BCUT2D eigenvalue weighted by atomic mass is 32.1. The van der Waals surface area contributed by atoms with Gasteiger partial charge in [0.2, 0.25) is 5.95 Å². The molecule has 1 saturated heterocycles. The Morgan fingerprint density at radius 2 is 1.97 bits per heavy atom. The Labute approximate surface area is 228 Å². The normalized spacial score (nSPS) is 15.8. The van der Waals surface area contributed by atoms with Crippen molar-refractivity contribution in [3.05, 3.63) is 56.1 Å². The minimum Gasteiger partial charge on any atom is -0.341 e. The minimum atomic E-state index is -0.465. The lowest BCUT2D eigenvalue weighted by molar-refractivity contribution is 0.496. The number of benzene rings is 1. The van der Waals surface area contributed by atoms with E-state index in [0.717, 1.165) is 50.9 Å². The van der Waals surface area contributed by atoms with E-state index < -0.39 is 11.2 Å². The number of rotatable bonds is 4. The molecule has 10 nitrogen and oxygen atoms in total. The molecule has 0 amide bonds. The molecule has 2 N–H and O–H groups in total. The molecule has 0 bridgehead atoms. The molecular formula is C28H30N8O2S. The largest absolute Gasteiger partial charge is 0.341 e. The molecule has 1 aromatic carbocycles. The molecule has 5 aromatic rings. The summed E-state index contributed by atoms with van der Waals surface area (Å²) < 4.78 is 6.58. The molecule has 0 radical (unpaired) electrons. The van der Waals surface area contributed by atoms with Crippen LogP contribution in [-0.4, -0.2) is 47.8 Å². The molecule has 11 heteroatoms. The second kappa shape index (κ2) is 9.63. The van der Waals surface area contributed by atoms with Crippen LogP contribution in [0.5, 0.6) is 0 Å². The summed E-state index contributed by atoms with van der Waals surface area (Å²) in [6, 6.07) is 6.31. The fraction of sp³-hybridized carbons (Fsp3) is 0.393. The lowest BCUT2D eigenvalue weighted by atomic mass is 10.1. The summed E-state index contributed by atoms with van der Waals surface area (Å²) in [6.07, 6.45) is 1.88. The van der Waals surface area contributed by atoms with E-state index in [0.29, 0.717) is 29.5 Å². The van der Waals surface area contributed by atoms with Crippen LogP contribution in [-0.2, 0) is 20.1 Å². The van der Waals surface area contributed by atoms with Crippen LogP contribution >= 0.6 is 11.3 Å². The number of anilines is 1. The van der Waals surface area contributed by atoms with E-state index in [-0.39, 0.29) is 19.1 Å². The maximum atomic E-state index is 13.9. The SMILES string of the molecule is CC#CCn1c(N2CCCC(N)C2)nc2c1c(=O)n(Cc1nc(C)c3sc4ccc(C)cc4c3n1)c(=O)n2C. The summed E-state index contributed by atoms with van der Waals surface area (Å²) in [4.78, 5) is 43.8. The van der Waals surface area contributed by atoms with Crippen molar-refractivity contribution in [3.63, 3.8) is 0 Å². The average Bonchev–Trinajstić information content (AvgIpc) is 3.48. The summed E-state index contributed by atoms with van der Waals surface area (Å²) in [6.45, 7) is 7.39. The second-order valence-corrected chi connectivity index (χ2v) is 11.2. The fourth-order valence-electron chi connectivity index (χ4n) is 5.41. The third-order valence-corrected chi connectivity index (χ3v) is 8.62. The highest BCUT2D eigenvalue weighted by molar-refractivity contribution is 7.25. The Kier molecular flexibility index (Phi) is 6.24. The van der Waals surface area contributed by atoms with Crippen molar-refractivity contribution in [1.29, 1.82) is 0 Å². The predicted octanol–water partition coefficient (Wildman–Crippen LogP) is 2.67. The van der Waals surface area contributed by atoms with Crippen molar-refractivity contribution in [1.82, 2.24) is 28.7 Å². The van der Waals surface area contributed by atoms with Crippen LogP contribution in [0.2, 0.25) is 0 Å². The zero-order valence-electron chi connectivity index (χ0n) is 22.5. The van der Waals surface area contributed by atoms with Gasteiger partial charge >= 0.3 is 5.69 Å². The first-order valence-corrected chi connectivity index (χ1v) is 13.8. The molecule has 0 saturated carbocycles. The van der Waals surface area contributed by atoms with Gasteiger partial charge in [-0.1, -0.05) is 17.6 Å². The monoisotopic (exact) mass is 542 g/mol. The van der Waals surface area contributed by atoms with Crippen LogP contribution in [0.4, 0.5) is 5.95 Å². The number of nitrogens with zero attached hydrogens (tertiary/aromatic N) is 7. The van der Waals surface area contributed by atoms with Crippen LogP contribution in [0, 0.1) is 25.7 Å². The number of aromatic nitrogens is 6. The van der Waals surface area contributed by atoms with Gasteiger partial charge in [-0.05, 0) is 45.7 Å². The van der Waals surface area contributed by atoms with Crippen LogP contribution in [0.3, 0.4) is 0 Å². The van der Waals surface area contributed by atoms with Crippen molar-refractivity contribution in [2.24, 2.45) is 12.8 Å². The first-order valence-electron chi connectivity index (χ1n) is 13.0. The van der Waals surface area contributed by atoms with Gasteiger partial charge in [0.1, 0.15) is 5.82 Å². The third-order valence-electron chi connectivity index (χ3n) is 7.35. The maximum absolute atomic E-state index is 13.9. The van der Waals surface area contributed by atoms with Gasteiger partial charge in [-0.25, -0.2) is 14.8 Å². The highest BCUT2D eigenvalue weighted by Gasteiger charge is 2.26. The lowest BCUT2D eigenvalue weighted by Crippen LogP contribution is -2.44. The van der Waals surface area contributed by atoms with E-state index in [2.05, 4.69) is 39.9 Å². The average molecular weight is 543 g/mol. The molecule has 1 atom stereocenters. The highest BCUT2D eigenvalue weighted by Crippen LogP contribution is 2.34. The predicted molar refractivity (Wildman–Crippen MR) is 156 cm³/mol. The van der Waals surface area contributed by atoms with Crippen LogP contribution in [0.15, 0.2) is 27.8 Å². The van der Waals surface area contributed by atoms with Crippen molar-refractivity contribution in [2.45, 2.75) is 52.7 Å². The molecule has 0 spiro atoms. The number of piperidine rings is 1. The fourth-order valence-corrected chi connectivity index (χ4v) is 6.47.